The number of aromatic hydroxyl groups is 2. The molecule has 1 aromatic heterocycles. The van der Waals surface area contributed by atoms with E-state index in [4.69, 9.17) is 5.11 Å². The Morgan fingerprint density at radius 2 is 1.87 bits per heavy atom. The van der Waals surface area contributed by atoms with Crippen LogP contribution in [0.2, 0.25) is 0 Å². The molecule has 0 aliphatic heterocycles. The number of hydrogen-bond donors (Lipinski definition) is 3. The van der Waals surface area contributed by atoms with Crippen molar-refractivity contribution in [2.24, 2.45) is 0 Å². The van der Waals surface area contributed by atoms with Gasteiger partial charge in [-0.15, -0.1) is 0 Å². The Labute approximate surface area is 129 Å². The van der Waals surface area contributed by atoms with Gasteiger partial charge in [-0.3, -0.25) is 14.2 Å². The highest BCUT2D eigenvalue weighted by atomic mass is 16.4. The van der Waals surface area contributed by atoms with E-state index in [1.165, 1.54) is 12.1 Å². The predicted octanol–water partition coefficient (Wildman–Crippen LogP) is 1.56. The molecule has 7 heteroatoms. The molecule has 0 bridgehead atoms. The van der Waals surface area contributed by atoms with Crippen molar-refractivity contribution >= 4 is 17.0 Å². The molecule has 7 nitrogen and oxygen atoms in total. The van der Waals surface area contributed by atoms with Crippen LogP contribution in [0, 0.1) is 0 Å². The highest BCUT2D eigenvalue weighted by molar-refractivity contribution is 5.80. The van der Waals surface area contributed by atoms with Crippen LogP contribution in [-0.4, -0.2) is 30.8 Å². The Morgan fingerprint density at radius 3 is 2.57 bits per heavy atom. The van der Waals surface area contributed by atoms with Gasteiger partial charge in [0.2, 0.25) is 0 Å². The molecule has 0 spiro atoms. The third-order valence-electron chi connectivity index (χ3n) is 3.38. The zero-order chi connectivity index (χ0) is 16.6. The average molecular weight is 312 g/mol. The Hall–Kier alpha value is -3.35. The topological polar surface area (TPSA) is 113 Å². The van der Waals surface area contributed by atoms with E-state index in [9.17, 15) is 19.8 Å². The van der Waals surface area contributed by atoms with Gasteiger partial charge >= 0.3 is 5.97 Å². The number of hydrogen-bond acceptors (Lipinski definition) is 5. The van der Waals surface area contributed by atoms with Crippen molar-refractivity contribution < 1.29 is 20.1 Å². The quantitative estimate of drug-likeness (QED) is 0.676. The van der Waals surface area contributed by atoms with Crippen molar-refractivity contribution in [1.82, 2.24) is 9.55 Å². The van der Waals surface area contributed by atoms with Gasteiger partial charge in [0, 0.05) is 11.6 Å². The molecule has 116 valence electrons. The molecule has 0 radical (unpaired) electrons. The number of aliphatic carboxylic acids is 1. The fourth-order valence-corrected chi connectivity index (χ4v) is 2.38. The lowest BCUT2D eigenvalue weighted by Gasteiger charge is -2.11. The molecule has 0 saturated carbocycles. The van der Waals surface area contributed by atoms with E-state index in [0.29, 0.717) is 11.0 Å². The largest absolute Gasteiger partial charge is 0.508 e. The third kappa shape index (κ3) is 2.59. The lowest BCUT2D eigenvalue weighted by atomic mass is 10.1. The van der Waals surface area contributed by atoms with Crippen molar-refractivity contribution in [3.05, 3.63) is 52.8 Å². The van der Waals surface area contributed by atoms with E-state index in [-0.39, 0.29) is 22.8 Å². The number of aromatic nitrogens is 2. The summed E-state index contributed by atoms with van der Waals surface area (Å²) < 4.78 is 1.09. The monoisotopic (exact) mass is 312 g/mol. The summed E-state index contributed by atoms with van der Waals surface area (Å²) in [4.78, 5) is 27.9. The lowest BCUT2D eigenvalue weighted by molar-refractivity contribution is -0.137. The van der Waals surface area contributed by atoms with Crippen molar-refractivity contribution in [1.29, 1.82) is 0 Å². The SMILES string of the molecule is O=C(O)Cn1c(=O)c(-c2ccc(O)cc2O)nc2ccccc21. The minimum absolute atomic E-state index is 0.0811. The Bertz CT molecular complexity index is 978. The molecule has 0 amide bonds. The number of nitrogens with zero attached hydrogens (tertiary/aromatic N) is 2. The number of carboxylic acids is 1. The molecule has 0 unspecified atom stereocenters. The van der Waals surface area contributed by atoms with Crippen LogP contribution in [0.15, 0.2) is 47.3 Å². The number of rotatable bonds is 3. The van der Waals surface area contributed by atoms with E-state index >= 15 is 0 Å². The third-order valence-corrected chi connectivity index (χ3v) is 3.38. The van der Waals surface area contributed by atoms with Gasteiger partial charge in [-0.05, 0) is 24.3 Å². The van der Waals surface area contributed by atoms with Gasteiger partial charge in [0.25, 0.3) is 5.56 Å². The molecular formula is C16H12N2O5. The van der Waals surface area contributed by atoms with Crippen LogP contribution in [0.3, 0.4) is 0 Å². The second-order valence-electron chi connectivity index (χ2n) is 4.94. The second-order valence-corrected chi connectivity index (χ2v) is 4.94. The average Bonchev–Trinajstić information content (AvgIpc) is 2.50. The van der Waals surface area contributed by atoms with Gasteiger partial charge in [-0.25, -0.2) is 4.98 Å². The van der Waals surface area contributed by atoms with Gasteiger partial charge in [0.1, 0.15) is 23.7 Å². The minimum atomic E-state index is -1.16. The number of phenolic OH excluding ortho intramolecular Hbond substituents is 2. The van der Waals surface area contributed by atoms with Crippen molar-refractivity contribution in [2.45, 2.75) is 6.54 Å². The molecule has 0 aliphatic rings. The van der Waals surface area contributed by atoms with E-state index in [1.807, 2.05) is 0 Å². The summed E-state index contributed by atoms with van der Waals surface area (Å²) in [6, 6.07) is 10.4. The number of fused-ring (bicyclic) bond motifs is 1. The highest BCUT2D eigenvalue weighted by Gasteiger charge is 2.17. The highest BCUT2D eigenvalue weighted by Crippen LogP contribution is 2.29. The fraction of sp³-hybridized carbons (Fsp3) is 0.0625. The van der Waals surface area contributed by atoms with Crippen molar-refractivity contribution in [3.8, 4) is 22.8 Å². The van der Waals surface area contributed by atoms with Crippen molar-refractivity contribution in [3.63, 3.8) is 0 Å². The van der Waals surface area contributed by atoms with E-state index in [0.717, 1.165) is 10.6 Å². The Balaban J connectivity index is 2.35. The maximum absolute atomic E-state index is 12.6. The van der Waals surface area contributed by atoms with Gasteiger partial charge < -0.3 is 15.3 Å². The Kier molecular flexibility index (Phi) is 3.46. The summed E-state index contributed by atoms with van der Waals surface area (Å²) in [5, 5.41) is 28.3. The van der Waals surface area contributed by atoms with Crippen LogP contribution in [-0.2, 0) is 11.3 Å². The summed E-state index contributed by atoms with van der Waals surface area (Å²) in [5.41, 5.74) is 0.227. The van der Waals surface area contributed by atoms with Gasteiger partial charge in [0.05, 0.1) is 11.0 Å². The maximum Gasteiger partial charge on any atom is 0.323 e. The molecule has 0 aliphatic carbocycles. The van der Waals surface area contributed by atoms with Crippen LogP contribution >= 0.6 is 0 Å². The molecule has 2 aromatic carbocycles. The van der Waals surface area contributed by atoms with E-state index < -0.39 is 18.1 Å². The number of para-hydroxylation sites is 2. The first-order chi connectivity index (χ1) is 11.0. The van der Waals surface area contributed by atoms with E-state index in [1.54, 1.807) is 24.3 Å². The molecule has 3 aromatic rings. The lowest BCUT2D eigenvalue weighted by Crippen LogP contribution is -2.27. The van der Waals surface area contributed by atoms with Crippen LogP contribution < -0.4 is 5.56 Å². The summed E-state index contributed by atoms with van der Waals surface area (Å²) in [6.07, 6.45) is 0. The standard InChI is InChI=1S/C16H12N2O5/c19-9-5-6-10(13(20)7-9)15-16(23)18(8-14(21)22)12-4-2-1-3-11(12)17-15/h1-7,19-20H,8H2,(H,21,22). The van der Waals surface area contributed by atoms with Gasteiger partial charge in [-0.1, -0.05) is 12.1 Å². The van der Waals surface area contributed by atoms with Crippen molar-refractivity contribution in [2.75, 3.05) is 0 Å². The van der Waals surface area contributed by atoms with Crippen LogP contribution in [0.1, 0.15) is 0 Å². The zero-order valence-corrected chi connectivity index (χ0v) is 11.8. The van der Waals surface area contributed by atoms with Crippen LogP contribution in [0.25, 0.3) is 22.3 Å². The molecule has 23 heavy (non-hydrogen) atoms. The first kappa shape index (κ1) is 14.6. The molecule has 0 saturated heterocycles. The smallest absolute Gasteiger partial charge is 0.323 e. The molecule has 0 fully saturated rings. The maximum atomic E-state index is 12.6. The summed E-state index contributed by atoms with van der Waals surface area (Å²) >= 11 is 0. The number of phenols is 2. The summed E-state index contributed by atoms with van der Waals surface area (Å²) in [5.74, 6) is -1.63. The molecular weight excluding hydrogens is 300 g/mol. The fourth-order valence-electron chi connectivity index (χ4n) is 2.38. The number of carboxylic acid groups (broad SMARTS) is 1. The van der Waals surface area contributed by atoms with E-state index in [2.05, 4.69) is 4.98 Å². The van der Waals surface area contributed by atoms with Gasteiger partial charge in [-0.2, -0.15) is 0 Å². The Morgan fingerprint density at radius 1 is 1.13 bits per heavy atom. The normalized spacial score (nSPS) is 10.8. The van der Waals surface area contributed by atoms with Gasteiger partial charge in [0.15, 0.2) is 0 Å². The first-order valence-electron chi connectivity index (χ1n) is 6.71. The number of carbonyl (C=O) groups is 1. The van der Waals surface area contributed by atoms with Crippen LogP contribution in [0.5, 0.6) is 11.5 Å². The molecule has 1 heterocycles. The first-order valence-corrected chi connectivity index (χ1v) is 6.71. The number of benzene rings is 2. The second kappa shape index (κ2) is 5.45. The molecule has 3 N–H and O–H groups in total. The predicted molar refractivity (Wildman–Crippen MR) is 82.4 cm³/mol. The minimum Gasteiger partial charge on any atom is -0.508 e. The molecule has 0 atom stereocenters. The summed E-state index contributed by atoms with van der Waals surface area (Å²) in [7, 11) is 0. The molecule has 3 rings (SSSR count). The van der Waals surface area contributed by atoms with Crippen LogP contribution in [0.4, 0.5) is 0 Å². The summed E-state index contributed by atoms with van der Waals surface area (Å²) in [6.45, 7) is -0.520. The zero-order valence-electron chi connectivity index (χ0n) is 11.8.